The van der Waals surface area contributed by atoms with Gasteiger partial charge in [-0.1, -0.05) is 11.6 Å². The van der Waals surface area contributed by atoms with Crippen molar-refractivity contribution in [1.82, 2.24) is 15.5 Å². The lowest BCUT2D eigenvalue weighted by Crippen LogP contribution is -2.04. The number of nitrogens with zero attached hydrogens (tertiary/aromatic N) is 3. The summed E-state index contributed by atoms with van der Waals surface area (Å²) in [6.45, 7) is 0.397. The topological polar surface area (TPSA) is 94.1 Å². The third kappa shape index (κ3) is 2.47. The molecule has 0 amide bonds. The van der Waals surface area contributed by atoms with Crippen LogP contribution in [0.3, 0.4) is 0 Å². The van der Waals surface area contributed by atoms with Gasteiger partial charge in [-0.3, -0.25) is 10.1 Å². The Morgan fingerprint density at radius 3 is 2.94 bits per heavy atom. The van der Waals surface area contributed by atoms with Gasteiger partial charge in [-0.05, 0) is 19.2 Å². The molecule has 0 spiro atoms. The van der Waals surface area contributed by atoms with Gasteiger partial charge in [0.1, 0.15) is 5.56 Å². The molecule has 0 bridgehead atoms. The van der Waals surface area contributed by atoms with E-state index >= 15 is 0 Å². The van der Waals surface area contributed by atoms with Crippen LogP contribution in [0.4, 0.5) is 5.69 Å². The normalized spacial score (nSPS) is 10.6. The van der Waals surface area contributed by atoms with Gasteiger partial charge < -0.3 is 9.73 Å². The van der Waals surface area contributed by atoms with Gasteiger partial charge in [0.2, 0.25) is 5.89 Å². The third-order valence-electron chi connectivity index (χ3n) is 2.18. The first-order valence-electron chi connectivity index (χ1n) is 5.03. The fourth-order valence-electron chi connectivity index (χ4n) is 1.42. The van der Waals surface area contributed by atoms with Crippen molar-refractivity contribution in [2.75, 3.05) is 7.05 Å². The largest absolute Gasteiger partial charge is 0.419 e. The lowest BCUT2D eigenvalue weighted by atomic mass is 10.2. The summed E-state index contributed by atoms with van der Waals surface area (Å²) in [4.78, 5) is 10.4. The van der Waals surface area contributed by atoms with Crippen LogP contribution < -0.4 is 5.32 Å². The molecule has 0 unspecified atom stereocenters. The van der Waals surface area contributed by atoms with Gasteiger partial charge in [-0.15, -0.1) is 10.2 Å². The van der Waals surface area contributed by atoms with E-state index < -0.39 is 4.92 Å². The quantitative estimate of drug-likeness (QED) is 0.673. The van der Waals surface area contributed by atoms with Crippen LogP contribution in [0.15, 0.2) is 22.6 Å². The molecule has 0 fully saturated rings. The average Bonchev–Trinajstić information content (AvgIpc) is 2.78. The van der Waals surface area contributed by atoms with Crippen LogP contribution in [0.1, 0.15) is 5.89 Å². The Bertz CT molecular complexity index is 584. The lowest BCUT2D eigenvalue weighted by molar-refractivity contribution is -0.384. The van der Waals surface area contributed by atoms with E-state index in [4.69, 9.17) is 16.0 Å². The summed E-state index contributed by atoms with van der Waals surface area (Å²) in [6, 6.07) is 4.27. The number of benzene rings is 1. The van der Waals surface area contributed by atoms with Crippen LogP contribution in [0.25, 0.3) is 11.5 Å². The predicted octanol–water partition coefficient (Wildman–Crippen LogP) is 2.02. The van der Waals surface area contributed by atoms with Crippen molar-refractivity contribution >= 4 is 17.3 Å². The minimum atomic E-state index is -0.539. The maximum absolute atomic E-state index is 10.9. The number of hydrogen-bond donors (Lipinski definition) is 1. The Kier molecular flexibility index (Phi) is 3.54. The summed E-state index contributed by atoms with van der Waals surface area (Å²) in [6.07, 6.45) is 0. The van der Waals surface area contributed by atoms with Gasteiger partial charge in [0.15, 0.2) is 0 Å². The molecule has 7 nitrogen and oxygen atoms in total. The Balaban J connectivity index is 2.45. The summed E-state index contributed by atoms with van der Waals surface area (Å²) >= 11 is 5.72. The first-order valence-corrected chi connectivity index (χ1v) is 5.41. The van der Waals surface area contributed by atoms with E-state index in [1.54, 1.807) is 7.05 Å². The fourth-order valence-corrected chi connectivity index (χ4v) is 1.59. The molecular formula is C10H9ClN4O3. The molecule has 0 atom stereocenters. The van der Waals surface area contributed by atoms with Gasteiger partial charge in [-0.2, -0.15) is 0 Å². The molecule has 8 heteroatoms. The highest BCUT2D eigenvalue weighted by Crippen LogP contribution is 2.31. The molecule has 0 saturated carbocycles. The molecule has 0 radical (unpaired) electrons. The summed E-state index contributed by atoms with van der Waals surface area (Å²) in [7, 11) is 1.73. The van der Waals surface area contributed by atoms with Crippen molar-refractivity contribution in [3.8, 4) is 11.5 Å². The number of aromatic nitrogens is 2. The van der Waals surface area contributed by atoms with Gasteiger partial charge in [0.25, 0.3) is 11.6 Å². The molecule has 0 aliphatic rings. The number of rotatable bonds is 4. The summed E-state index contributed by atoms with van der Waals surface area (Å²) < 4.78 is 5.31. The number of nitro groups is 1. The second-order valence-corrected chi connectivity index (χ2v) is 3.89. The van der Waals surface area contributed by atoms with Crippen molar-refractivity contribution in [3.05, 3.63) is 39.2 Å². The Labute approximate surface area is 107 Å². The van der Waals surface area contributed by atoms with Gasteiger partial charge in [0.05, 0.1) is 11.5 Å². The number of nitro benzene ring substituents is 1. The van der Waals surface area contributed by atoms with Crippen LogP contribution >= 0.6 is 11.6 Å². The van der Waals surface area contributed by atoms with Crippen molar-refractivity contribution in [1.29, 1.82) is 0 Å². The van der Waals surface area contributed by atoms with E-state index in [-0.39, 0.29) is 22.2 Å². The molecule has 0 saturated heterocycles. The van der Waals surface area contributed by atoms with Crippen LogP contribution in [-0.4, -0.2) is 22.2 Å². The zero-order valence-electron chi connectivity index (χ0n) is 9.38. The van der Waals surface area contributed by atoms with E-state index in [0.717, 1.165) is 0 Å². The number of halogens is 1. The van der Waals surface area contributed by atoms with E-state index in [0.29, 0.717) is 12.4 Å². The molecule has 94 valence electrons. The molecule has 2 aromatic rings. The minimum Gasteiger partial charge on any atom is -0.419 e. The zero-order valence-corrected chi connectivity index (χ0v) is 10.1. The highest BCUT2D eigenvalue weighted by atomic mass is 35.5. The maximum atomic E-state index is 10.9. The van der Waals surface area contributed by atoms with Crippen molar-refractivity contribution in [2.45, 2.75) is 6.54 Å². The monoisotopic (exact) mass is 268 g/mol. The predicted molar refractivity (Wildman–Crippen MR) is 64.2 cm³/mol. The van der Waals surface area contributed by atoms with Crippen LogP contribution in [-0.2, 0) is 6.54 Å². The zero-order chi connectivity index (χ0) is 13.1. The molecule has 2 rings (SSSR count). The first-order chi connectivity index (χ1) is 8.61. The standard InChI is InChI=1S/C10H9ClN4O3/c1-12-5-9-13-14-10(18-9)7-3-2-6(11)4-8(7)15(16)17/h2-4,12H,5H2,1H3. The Morgan fingerprint density at radius 1 is 1.50 bits per heavy atom. The van der Waals surface area contributed by atoms with E-state index in [1.165, 1.54) is 18.2 Å². The molecule has 1 aromatic heterocycles. The molecular weight excluding hydrogens is 260 g/mol. The van der Waals surface area contributed by atoms with E-state index in [1.807, 2.05) is 0 Å². The fraction of sp³-hybridized carbons (Fsp3) is 0.200. The van der Waals surface area contributed by atoms with Crippen molar-refractivity contribution in [2.24, 2.45) is 0 Å². The second-order valence-electron chi connectivity index (χ2n) is 3.45. The van der Waals surface area contributed by atoms with Gasteiger partial charge in [0, 0.05) is 11.1 Å². The summed E-state index contributed by atoms with van der Waals surface area (Å²) in [5.74, 6) is 0.459. The van der Waals surface area contributed by atoms with E-state index in [9.17, 15) is 10.1 Å². The lowest BCUT2D eigenvalue weighted by Gasteiger charge is -1.98. The Hall–Kier alpha value is -1.99. The van der Waals surface area contributed by atoms with Crippen LogP contribution in [0.2, 0.25) is 5.02 Å². The van der Waals surface area contributed by atoms with Crippen molar-refractivity contribution in [3.63, 3.8) is 0 Å². The molecule has 0 aliphatic carbocycles. The second kappa shape index (κ2) is 5.11. The molecule has 1 N–H and O–H groups in total. The van der Waals surface area contributed by atoms with Crippen LogP contribution in [0.5, 0.6) is 0 Å². The third-order valence-corrected chi connectivity index (χ3v) is 2.42. The molecule has 18 heavy (non-hydrogen) atoms. The highest BCUT2D eigenvalue weighted by molar-refractivity contribution is 6.30. The van der Waals surface area contributed by atoms with Crippen molar-refractivity contribution < 1.29 is 9.34 Å². The Morgan fingerprint density at radius 2 is 2.28 bits per heavy atom. The minimum absolute atomic E-state index is 0.101. The smallest absolute Gasteiger partial charge is 0.283 e. The van der Waals surface area contributed by atoms with Crippen LogP contribution in [0, 0.1) is 10.1 Å². The van der Waals surface area contributed by atoms with Gasteiger partial charge >= 0.3 is 0 Å². The van der Waals surface area contributed by atoms with E-state index in [2.05, 4.69) is 15.5 Å². The molecule has 0 aliphatic heterocycles. The number of nitrogens with one attached hydrogen (secondary N) is 1. The average molecular weight is 269 g/mol. The summed E-state index contributed by atoms with van der Waals surface area (Å²) in [5, 5.41) is 21.6. The molecule has 1 heterocycles. The molecule has 1 aromatic carbocycles. The van der Waals surface area contributed by atoms with Gasteiger partial charge in [-0.25, -0.2) is 0 Å². The number of hydrogen-bond acceptors (Lipinski definition) is 6. The highest BCUT2D eigenvalue weighted by Gasteiger charge is 2.20. The maximum Gasteiger partial charge on any atom is 0.283 e. The summed E-state index contributed by atoms with van der Waals surface area (Å²) in [5.41, 5.74) is 0.0846. The first kappa shape index (κ1) is 12.5. The SMILES string of the molecule is CNCc1nnc(-c2ccc(Cl)cc2[N+](=O)[O-])o1.